The van der Waals surface area contributed by atoms with E-state index in [0.717, 1.165) is 28.9 Å². The lowest BCUT2D eigenvalue weighted by atomic mass is 10.1. The Balaban J connectivity index is 1.47. The van der Waals surface area contributed by atoms with Crippen LogP contribution in [0.2, 0.25) is 0 Å². The molecule has 0 bridgehead atoms. The predicted octanol–water partition coefficient (Wildman–Crippen LogP) is 1.35. The van der Waals surface area contributed by atoms with Crippen molar-refractivity contribution in [3.63, 3.8) is 0 Å². The fourth-order valence-electron chi connectivity index (χ4n) is 3.10. The first-order valence-electron chi connectivity index (χ1n) is 10.1. The molecule has 35 heavy (non-hydrogen) atoms. The zero-order valence-electron chi connectivity index (χ0n) is 18.1. The largest absolute Gasteiger partial charge is 0.480 e. The number of anilines is 1. The van der Waals surface area contributed by atoms with Gasteiger partial charge in [-0.1, -0.05) is 23.0 Å². The van der Waals surface area contributed by atoms with Crippen LogP contribution in [0.25, 0.3) is 6.08 Å². The van der Waals surface area contributed by atoms with Crippen molar-refractivity contribution in [3.8, 4) is 0 Å². The Morgan fingerprint density at radius 3 is 2.94 bits per heavy atom. The molecule has 2 amide bonds. The van der Waals surface area contributed by atoms with Crippen LogP contribution in [0.5, 0.6) is 0 Å². The van der Waals surface area contributed by atoms with Crippen molar-refractivity contribution in [3.05, 3.63) is 52.4 Å². The van der Waals surface area contributed by atoms with Gasteiger partial charge in [-0.3, -0.25) is 19.4 Å². The maximum atomic E-state index is 12.9. The molecule has 0 aromatic carbocycles. The minimum atomic E-state index is -1.05. The quantitative estimate of drug-likeness (QED) is 0.241. The molecule has 182 valence electrons. The van der Waals surface area contributed by atoms with Gasteiger partial charge >= 0.3 is 5.97 Å². The number of aliphatic carboxylic acids is 1. The second-order valence-corrected chi connectivity index (χ2v) is 9.98. The number of nitrogens with one attached hydrogen (secondary N) is 1. The molecule has 0 radical (unpaired) electrons. The van der Waals surface area contributed by atoms with Crippen LogP contribution in [-0.2, 0) is 19.2 Å². The van der Waals surface area contributed by atoms with E-state index in [2.05, 4.69) is 24.8 Å². The third-order valence-corrected chi connectivity index (χ3v) is 7.78. The number of carboxylic acids is 1. The maximum Gasteiger partial charge on any atom is 0.321 e. The first-order valence-corrected chi connectivity index (χ1v) is 12.7. The van der Waals surface area contributed by atoms with E-state index in [9.17, 15) is 19.5 Å². The van der Waals surface area contributed by atoms with E-state index in [0.29, 0.717) is 4.91 Å². The van der Waals surface area contributed by atoms with Gasteiger partial charge in [0.05, 0.1) is 0 Å². The van der Waals surface area contributed by atoms with Gasteiger partial charge in [-0.15, -0.1) is 11.8 Å². The van der Waals surface area contributed by atoms with Crippen molar-refractivity contribution in [2.45, 2.75) is 23.6 Å². The summed E-state index contributed by atoms with van der Waals surface area (Å²) < 4.78 is 3.97. The second kappa shape index (κ2) is 10.9. The van der Waals surface area contributed by atoms with Crippen LogP contribution in [0, 0.1) is 0 Å². The van der Waals surface area contributed by atoms with Gasteiger partial charge in [0, 0.05) is 35.0 Å². The number of oxime groups is 1. The molecule has 1 fully saturated rings. The van der Waals surface area contributed by atoms with Crippen molar-refractivity contribution in [1.82, 2.24) is 24.6 Å². The summed E-state index contributed by atoms with van der Waals surface area (Å²) in [6.45, 7) is 1.89. The van der Waals surface area contributed by atoms with Gasteiger partial charge in [0.1, 0.15) is 23.3 Å². The highest BCUT2D eigenvalue weighted by Gasteiger charge is 2.53. The van der Waals surface area contributed by atoms with E-state index < -0.39 is 28.5 Å². The number of carbonyl (C=O) groups is 3. The lowest BCUT2D eigenvalue weighted by molar-refractivity contribution is -0.144. The molecule has 2 aromatic rings. The molecule has 2 aromatic heterocycles. The zero-order chi connectivity index (χ0) is 24.9. The molecular formula is C20H19N7O5S3. The number of nitrogens with two attached hydrogens (primary N) is 1. The highest BCUT2D eigenvalue weighted by atomic mass is 32.2. The number of pyridine rings is 1. The smallest absolute Gasteiger partial charge is 0.321 e. The number of hydrogen-bond donors (Lipinski definition) is 3. The molecule has 2 aliphatic heterocycles. The van der Waals surface area contributed by atoms with Gasteiger partial charge in [-0.25, -0.2) is 0 Å². The Labute approximate surface area is 211 Å². The number of fused-ring (bicyclic) bond motifs is 1. The molecule has 4 N–H and O–H groups in total. The molecule has 1 saturated heterocycles. The summed E-state index contributed by atoms with van der Waals surface area (Å²) in [5.74, 6) is -2.19. The van der Waals surface area contributed by atoms with Crippen LogP contribution in [-0.4, -0.2) is 71.1 Å². The van der Waals surface area contributed by atoms with Crippen molar-refractivity contribution >= 4 is 69.8 Å². The van der Waals surface area contributed by atoms with Gasteiger partial charge in [0.2, 0.25) is 11.5 Å². The minimum Gasteiger partial charge on any atom is -0.480 e. The Bertz CT molecular complexity index is 1220. The summed E-state index contributed by atoms with van der Waals surface area (Å²) in [7, 11) is 0. The molecule has 4 heterocycles. The van der Waals surface area contributed by atoms with Crippen LogP contribution < -0.4 is 11.1 Å². The summed E-state index contributed by atoms with van der Waals surface area (Å²) >= 11 is 3.15. The Morgan fingerprint density at radius 2 is 2.29 bits per heavy atom. The molecule has 4 rings (SSSR count). The van der Waals surface area contributed by atoms with Gasteiger partial charge in [0.15, 0.2) is 5.13 Å². The topological polar surface area (TPSA) is 173 Å². The molecule has 12 nitrogen and oxygen atoms in total. The third kappa shape index (κ3) is 5.47. The molecule has 15 heteroatoms. The summed E-state index contributed by atoms with van der Waals surface area (Å²) in [5.41, 5.74) is 6.23. The predicted molar refractivity (Wildman–Crippen MR) is 133 cm³/mol. The van der Waals surface area contributed by atoms with Crippen molar-refractivity contribution in [2.75, 3.05) is 12.3 Å². The number of hydrogen-bond acceptors (Lipinski definition) is 12. The number of carboxylic acid groups (broad SMARTS) is 1. The molecular weight excluding hydrogens is 514 g/mol. The molecule has 0 saturated carbocycles. The minimum absolute atomic E-state index is 0.0271. The summed E-state index contributed by atoms with van der Waals surface area (Å²) in [4.78, 5) is 52.4. The molecule has 2 aliphatic rings. The number of β-lactam (4-membered cyclic amide) rings is 1. The van der Waals surface area contributed by atoms with Crippen LogP contribution >= 0.6 is 35.1 Å². The lowest BCUT2D eigenvalue weighted by Gasteiger charge is -2.48. The molecule has 2 unspecified atom stereocenters. The van der Waals surface area contributed by atoms with Crippen molar-refractivity contribution < 1.29 is 24.3 Å². The number of amides is 2. The van der Waals surface area contributed by atoms with Crippen LogP contribution in [0.1, 0.15) is 18.3 Å². The summed E-state index contributed by atoms with van der Waals surface area (Å²) in [6, 6.07) is 2.71. The molecule has 0 aliphatic carbocycles. The second-order valence-electron chi connectivity index (χ2n) is 6.99. The van der Waals surface area contributed by atoms with Gasteiger partial charge in [-0.05, 0) is 30.0 Å². The maximum absolute atomic E-state index is 12.9. The Hall–Kier alpha value is -3.43. The van der Waals surface area contributed by atoms with Crippen LogP contribution in [0.4, 0.5) is 5.13 Å². The lowest BCUT2D eigenvalue weighted by Crippen LogP contribution is -2.69. The van der Waals surface area contributed by atoms with E-state index in [1.807, 2.05) is 6.07 Å². The van der Waals surface area contributed by atoms with Gasteiger partial charge in [-0.2, -0.15) is 9.36 Å². The molecule has 3 atom stereocenters. The third-order valence-electron chi connectivity index (χ3n) is 4.69. The highest BCUT2D eigenvalue weighted by Crippen LogP contribution is 2.44. The van der Waals surface area contributed by atoms with E-state index in [4.69, 9.17) is 10.6 Å². The highest BCUT2D eigenvalue weighted by molar-refractivity contribution is 8.08. The summed E-state index contributed by atoms with van der Waals surface area (Å²) in [5, 5.41) is 16.5. The Kier molecular flexibility index (Phi) is 7.67. The van der Waals surface area contributed by atoms with Crippen LogP contribution in [0.3, 0.4) is 0 Å². The molecule has 0 spiro atoms. The van der Waals surface area contributed by atoms with Crippen molar-refractivity contribution in [2.24, 2.45) is 5.16 Å². The van der Waals surface area contributed by atoms with Crippen LogP contribution in [0.15, 0.2) is 46.2 Å². The zero-order valence-corrected chi connectivity index (χ0v) is 20.5. The number of aromatic nitrogens is 3. The number of carbonyl (C=O) groups excluding carboxylic acids is 2. The fraction of sp³-hybridized carbons (Fsp3) is 0.250. The standard InChI is InChI=1S/C20H19N7O5S3/c1-2-32-25-12(15-24-20(21)35-26-15)16(28)23-13-17(29)27-9-11(14(19(30)31)34-18(13)27)33-7-5-10-4-3-6-22-8-10/h3-9,13-14,18H,2H2,1H3,(H,23,28)(H,30,31)(H2,21,24,26)/b7-5-,25-12+/t13?,14?,18-/m1/s1. The number of nitrogen functional groups attached to an aromatic ring is 1. The van der Waals surface area contributed by atoms with E-state index in [1.165, 1.54) is 22.9 Å². The summed E-state index contributed by atoms with van der Waals surface area (Å²) in [6.07, 6.45) is 6.65. The van der Waals surface area contributed by atoms with E-state index >= 15 is 0 Å². The SMILES string of the molecule is CCO/N=C(/C(=O)NC1C(=O)N2C=C(S/C=C\c3cccnc3)C(C(=O)O)S[C@H]12)c1nsc(N)n1. The first-order chi connectivity index (χ1) is 16.9. The van der Waals surface area contributed by atoms with Gasteiger partial charge in [0.25, 0.3) is 11.8 Å². The monoisotopic (exact) mass is 533 g/mol. The van der Waals surface area contributed by atoms with Crippen molar-refractivity contribution in [1.29, 1.82) is 0 Å². The number of nitrogens with zero attached hydrogens (tertiary/aromatic N) is 5. The van der Waals surface area contributed by atoms with E-state index in [1.54, 1.807) is 36.9 Å². The average molecular weight is 534 g/mol. The fourth-order valence-corrected chi connectivity index (χ4v) is 5.88. The average Bonchev–Trinajstić information content (AvgIpc) is 3.28. The Morgan fingerprint density at radius 1 is 1.46 bits per heavy atom. The number of rotatable bonds is 9. The number of thioether (sulfide) groups is 2. The van der Waals surface area contributed by atoms with Gasteiger partial charge < -0.3 is 25.9 Å². The first kappa shape index (κ1) is 24.7. The normalized spacial score (nSPS) is 21.8. The van der Waals surface area contributed by atoms with E-state index in [-0.39, 0.29) is 29.2 Å².